The molecule has 1 fully saturated rings. The molecule has 196 valence electrons. The third-order valence-corrected chi connectivity index (χ3v) is 7.04. The number of aliphatic hydroxyl groups excluding tert-OH is 5. The number of carbonyl (C=O) groups is 1. The number of hydrogen-bond acceptors (Lipinski definition) is 9. The van der Waals surface area contributed by atoms with Gasteiger partial charge in [-0.25, -0.2) is 4.79 Å². The van der Waals surface area contributed by atoms with Crippen LogP contribution in [0.3, 0.4) is 0 Å². The molecule has 0 aliphatic carbocycles. The van der Waals surface area contributed by atoms with E-state index in [1.54, 1.807) is 26.8 Å². The van der Waals surface area contributed by atoms with E-state index in [2.05, 4.69) is 0 Å². The maximum Gasteiger partial charge on any atom is 0.338 e. The second kappa shape index (κ2) is 12.5. The SMILES string of the molecule is CCC(C=C(C)C1CC(OC)CC(O)C(C)(C)C2=CC(O)CC(CC(O)C(O)C(=O)O1)O2)CO. The van der Waals surface area contributed by atoms with Crippen molar-refractivity contribution in [3.8, 4) is 0 Å². The summed E-state index contributed by atoms with van der Waals surface area (Å²) in [4.78, 5) is 12.7. The van der Waals surface area contributed by atoms with Crippen molar-refractivity contribution in [3.63, 3.8) is 0 Å². The van der Waals surface area contributed by atoms with Gasteiger partial charge in [0.05, 0.1) is 24.4 Å². The van der Waals surface area contributed by atoms with Gasteiger partial charge >= 0.3 is 5.97 Å². The molecule has 2 aliphatic heterocycles. The average molecular weight is 487 g/mol. The summed E-state index contributed by atoms with van der Waals surface area (Å²) in [6.07, 6.45) is -2.41. The monoisotopic (exact) mass is 486 g/mol. The van der Waals surface area contributed by atoms with Gasteiger partial charge < -0.3 is 39.7 Å². The van der Waals surface area contributed by atoms with Crippen LogP contribution in [0.2, 0.25) is 0 Å². The van der Waals surface area contributed by atoms with E-state index in [1.807, 2.05) is 13.0 Å². The minimum absolute atomic E-state index is 0.0567. The van der Waals surface area contributed by atoms with E-state index in [0.29, 0.717) is 17.8 Å². The Kier molecular flexibility index (Phi) is 10.5. The fraction of sp³-hybridized carbons (Fsp3) is 0.800. The van der Waals surface area contributed by atoms with Crippen LogP contribution in [0, 0.1) is 11.3 Å². The van der Waals surface area contributed by atoms with E-state index < -0.39 is 54.1 Å². The summed E-state index contributed by atoms with van der Waals surface area (Å²) in [5.41, 5.74) is -0.185. The van der Waals surface area contributed by atoms with Crippen LogP contribution in [0.25, 0.3) is 0 Å². The zero-order chi connectivity index (χ0) is 25.6. The van der Waals surface area contributed by atoms with Crippen LogP contribution in [0.5, 0.6) is 0 Å². The van der Waals surface area contributed by atoms with Crippen LogP contribution in [0.4, 0.5) is 0 Å². The Morgan fingerprint density at radius 3 is 2.44 bits per heavy atom. The highest BCUT2D eigenvalue weighted by atomic mass is 16.6. The van der Waals surface area contributed by atoms with E-state index in [0.717, 1.165) is 0 Å². The van der Waals surface area contributed by atoms with Crippen LogP contribution in [0.15, 0.2) is 23.5 Å². The van der Waals surface area contributed by atoms with Crippen LogP contribution in [0.1, 0.15) is 59.8 Å². The molecule has 9 nitrogen and oxygen atoms in total. The van der Waals surface area contributed by atoms with Crippen molar-refractivity contribution in [2.24, 2.45) is 11.3 Å². The summed E-state index contributed by atoms with van der Waals surface area (Å²) in [6, 6.07) is 0. The minimum Gasteiger partial charge on any atom is -0.494 e. The smallest absolute Gasteiger partial charge is 0.338 e. The van der Waals surface area contributed by atoms with Crippen molar-refractivity contribution in [3.05, 3.63) is 23.5 Å². The number of esters is 1. The van der Waals surface area contributed by atoms with Gasteiger partial charge in [-0.1, -0.05) is 26.8 Å². The molecule has 2 aliphatic rings. The zero-order valence-electron chi connectivity index (χ0n) is 20.9. The van der Waals surface area contributed by atoms with Crippen LogP contribution in [-0.4, -0.2) is 87.9 Å². The molecule has 8 unspecified atom stereocenters. The van der Waals surface area contributed by atoms with E-state index in [1.165, 1.54) is 7.11 Å². The first-order chi connectivity index (χ1) is 15.9. The summed E-state index contributed by atoms with van der Waals surface area (Å²) in [7, 11) is 1.50. The maximum absolute atomic E-state index is 12.7. The lowest BCUT2D eigenvalue weighted by Crippen LogP contribution is -2.44. The molecule has 0 amide bonds. The number of rotatable bonds is 5. The average Bonchev–Trinajstić information content (AvgIpc) is 2.79. The first-order valence-electron chi connectivity index (χ1n) is 12.1. The fourth-order valence-electron chi connectivity index (χ4n) is 4.40. The Morgan fingerprint density at radius 1 is 1.18 bits per heavy atom. The molecule has 8 atom stereocenters. The van der Waals surface area contributed by atoms with Gasteiger partial charge in [0.2, 0.25) is 0 Å². The Morgan fingerprint density at radius 2 is 1.85 bits per heavy atom. The summed E-state index contributed by atoms with van der Waals surface area (Å²) >= 11 is 0. The molecule has 2 bridgehead atoms. The Hall–Kier alpha value is -1.49. The van der Waals surface area contributed by atoms with Gasteiger partial charge in [-0.2, -0.15) is 0 Å². The number of fused-ring (bicyclic) bond motifs is 2. The van der Waals surface area contributed by atoms with Crippen molar-refractivity contribution >= 4 is 5.97 Å². The first kappa shape index (κ1) is 28.7. The van der Waals surface area contributed by atoms with E-state index in [4.69, 9.17) is 14.2 Å². The molecule has 34 heavy (non-hydrogen) atoms. The highest BCUT2D eigenvalue weighted by Crippen LogP contribution is 2.39. The molecule has 5 N–H and O–H groups in total. The second-order valence-corrected chi connectivity index (χ2v) is 10.1. The van der Waals surface area contributed by atoms with Gasteiger partial charge in [-0.3, -0.25) is 0 Å². The lowest BCUT2D eigenvalue weighted by Gasteiger charge is -2.40. The van der Waals surface area contributed by atoms with Crippen molar-refractivity contribution in [1.82, 2.24) is 0 Å². The number of ether oxygens (including phenoxy) is 3. The lowest BCUT2D eigenvalue weighted by molar-refractivity contribution is -0.167. The number of hydrogen-bond donors (Lipinski definition) is 5. The van der Waals surface area contributed by atoms with Crippen LogP contribution >= 0.6 is 0 Å². The standard InChI is InChI=1S/C25H42O9/c1-6-15(13-26)7-14(2)20-11-17(32-5)12-21(29)25(3,4)22-9-16(27)8-18(33-22)10-19(28)23(30)24(31)34-20/h7,9,15-21,23,26-30H,6,8,10-13H2,1-5H3. The molecule has 0 radical (unpaired) electrons. The van der Waals surface area contributed by atoms with Gasteiger partial charge in [0.15, 0.2) is 6.10 Å². The predicted molar refractivity (Wildman–Crippen MR) is 125 cm³/mol. The number of aliphatic hydroxyl groups is 5. The van der Waals surface area contributed by atoms with Gasteiger partial charge in [-0.05, 0) is 25.0 Å². The molecule has 0 aromatic carbocycles. The molecule has 0 saturated carbocycles. The molecule has 2 rings (SSSR count). The lowest BCUT2D eigenvalue weighted by atomic mass is 9.79. The Bertz CT molecular complexity index is 728. The van der Waals surface area contributed by atoms with Crippen molar-refractivity contribution in [2.45, 2.75) is 103 Å². The maximum atomic E-state index is 12.7. The molecule has 0 aromatic heterocycles. The molecular formula is C25H42O9. The van der Waals surface area contributed by atoms with Gasteiger partial charge in [0.25, 0.3) is 0 Å². The predicted octanol–water partition coefficient (Wildman–Crippen LogP) is 1.20. The molecule has 0 aromatic rings. The normalized spacial score (nSPS) is 36.5. The number of methoxy groups -OCH3 is 1. The van der Waals surface area contributed by atoms with Crippen molar-refractivity contribution in [2.75, 3.05) is 13.7 Å². The van der Waals surface area contributed by atoms with Crippen LogP contribution < -0.4 is 0 Å². The van der Waals surface area contributed by atoms with E-state index in [-0.39, 0.29) is 38.2 Å². The third kappa shape index (κ3) is 7.26. The number of carbonyl (C=O) groups excluding carboxylic acids is 1. The second-order valence-electron chi connectivity index (χ2n) is 10.1. The quantitative estimate of drug-likeness (QED) is 0.286. The molecule has 0 spiro atoms. The van der Waals surface area contributed by atoms with E-state index in [9.17, 15) is 30.3 Å². The summed E-state index contributed by atoms with van der Waals surface area (Å²) in [5.74, 6) is -0.716. The molecule has 2 heterocycles. The molecular weight excluding hydrogens is 444 g/mol. The molecule has 1 saturated heterocycles. The highest BCUT2D eigenvalue weighted by Gasteiger charge is 2.41. The summed E-state index contributed by atoms with van der Waals surface area (Å²) in [6.45, 7) is 7.26. The van der Waals surface area contributed by atoms with Gasteiger partial charge in [0.1, 0.15) is 18.0 Å². The van der Waals surface area contributed by atoms with Crippen molar-refractivity contribution < 1.29 is 44.5 Å². The minimum atomic E-state index is -1.80. The topological polar surface area (TPSA) is 146 Å². The van der Waals surface area contributed by atoms with Crippen LogP contribution in [-0.2, 0) is 19.0 Å². The van der Waals surface area contributed by atoms with Gasteiger partial charge in [0, 0.05) is 50.7 Å². The third-order valence-electron chi connectivity index (χ3n) is 7.04. The summed E-state index contributed by atoms with van der Waals surface area (Å²) < 4.78 is 17.2. The largest absolute Gasteiger partial charge is 0.494 e. The summed E-state index contributed by atoms with van der Waals surface area (Å²) in [5, 5.41) is 52.0. The Labute approximate surface area is 202 Å². The molecule has 9 heteroatoms. The highest BCUT2D eigenvalue weighted by molar-refractivity contribution is 5.75. The fourth-order valence-corrected chi connectivity index (χ4v) is 4.40. The Balaban J connectivity index is 2.43. The van der Waals surface area contributed by atoms with Crippen molar-refractivity contribution in [1.29, 1.82) is 0 Å². The zero-order valence-corrected chi connectivity index (χ0v) is 20.9. The number of cyclic esters (lactones) is 1. The first-order valence-corrected chi connectivity index (χ1v) is 12.1. The van der Waals surface area contributed by atoms with Gasteiger partial charge in [-0.15, -0.1) is 0 Å². The van der Waals surface area contributed by atoms with E-state index >= 15 is 0 Å².